The van der Waals surface area contributed by atoms with Gasteiger partial charge in [-0.05, 0) is 38.0 Å². The fraction of sp³-hybridized carbons (Fsp3) is 0.933. The lowest BCUT2D eigenvalue weighted by atomic mass is 9.90. The highest BCUT2D eigenvalue weighted by Gasteiger charge is 2.10. The van der Waals surface area contributed by atoms with Crippen LogP contribution in [0.4, 0.5) is 0 Å². The Morgan fingerprint density at radius 1 is 1.17 bits per heavy atom. The van der Waals surface area contributed by atoms with Gasteiger partial charge in [0.25, 0.3) is 0 Å². The lowest BCUT2D eigenvalue weighted by Crippen LogP contribution is -2.31. The van der Waals surface area contributed by atoms with Gasteiger partial charge in [-0.25, -0.2) is 0 Å². The van der Waals surface area contributed by atoms with Gasteiger partial charge in [-0.2, -0.15) is 0 Å². The summed E-state index contributed by atoms with van der Waals surface area (Å²) in [6.07, 6.45) is 6.28. The molecule has 0 radical (unpaired) electrons. The molecule has 0 aromatic rings. The predicted octanol–water partition coefficient (Wildman–Crippen LogP) is 3.69. The molecule has 18 heavy (non-hydrogen) atoms. The molecule has 1 rings (SSSR count). The van der Waals surface area contributed by atoms with Crippen LogP contribution >= 0.6 is 0 Å². The van der Waals surface area contributed by atoms with E-state index in [9.17, 15) is 0 Å². The Labute approximate surface area is 113 Å². The minimum absolute atomic E-state index is 0.394. The molecule has 0 N–H and O–H groups in total. The van der Waals surface area contributed by atoms with Crippen LogP contribution in [0.5, 0.6) is 0 Å². The fourth-order valence-corrected chi connectivity index (χ4v) is 2.05. The zero-order valence-electron chi connectivity index (χ0n) is 12.7. The number of nitrogens with zero attached hydrogens (tertiary/aromatic N) is 2. The van der Waals surface area contributed by atoms with Crippen LogP contribution in [0.25, 0.3) is 0 Å². The maximum atomic E-state index is 5.61. The third kappa shape index (κ3) is 7.83. The topological polar surface area (TPSA) is 24.8 Å². The van der Waals surface area contributed by atoms with Crippen molar-refractivity contribution < 1.29 is 4.74 Å². The molecule has 0 unspecified atom stereocenters. The Morgan fingerprint density at radius 3 is 2.44 bits per heavy atom. The van der Waals surface area contributed by atoms with E-state index in [2.05, 4.69) is 37.6 Å². The van der Waals surface area contributed by atoms with Gasteiger partial charge in [-0.15, -0.1) is 0 Å². The Balaban J connectivity index is 2.07. The first kappa shape index (κ1) is 15.6. The van der Waals surface area contributed by atoms with E-state index in [1.54, 1.807) is 0 Å². The summed E-state index contributed by atoms with van der Waals surface area (Å²) in [4.78, 5) is 6.86. The SMILES string of the molecule is C/C(CCC(C)(C)C)=N/COCN1CCCCC1. The maximum absolute atomic E-state index is 5.61. The van der Waals surface area contributed by atoms with Crippen LogP contribution in [0.1, 0.15) is 59.8 Å². The highest BCUT2D eigenvalue weighted by Crippen LogP contribution is 2.20. The first-order valence-electron chi connectivity index (χ1n) is 7.27. The van der Waals surface area contributed by atoms with Crippen LogP contribution in [0, 0.1) is 5.41 Å². The van der Waals surface area contributed by atoms with Crippen molar-refractivity contribution in [2.24, 2.45) is 10.4 Å². The molecular formula is C15H30N2O. The second-order valence-electron chi connectivity index (χ2n) is 6.60. The third-order valence-electron chi connectivity index (χ3n) is 3.39. The predicted molar refractivity (Wildman–Crippen MR) is 78.0 cm³/mol. The molecule has 0 aliphatic carbocycles. The Morgan fingerprint density at radius 2 is 1.83 bits per heavy atom. The summed E-state index contributed by atoms with van der Waals surface area (Å²) in [7, 11) is 0. The number of piperidine rings is 1. The van der Waals surface area contributed by atoms with E-state index in [0.717, 1.165) is 13.2 Å². The number of aliphatic imine (C=N–C) groups is 1. The minimum Gasteiger partial charge on any atom is -0.344 e. The monoisotopic (exact) mass is 254 g/mol. The van der Waals surface area contributed by atoms with Crippen molar-refractivity contribution in [1.82, 2.24) is 4.90 Å². The molecule has 0 aromatic carbocycles. The van der Waals surface area contributed by atoms with Crippen LogP contribution < -0.4 is 0 Å². The summed E-state index contributed by atoms with van der Waals surface area (Å²) in [6, 6.07) is 0. The Kier molecular flexibility index (Phi) is 6.87. The molecule has 3 heteroatoms. The molecule has 1 aliphatic heterocycles. The van der Waals surface area contributed by atoms with E-state index >= 15 is 0 Å². The molecule has 1 aliphatic rings. The number of ether oxygens (including phenoxy) is 1. The third-order valence-corrected chi connectivity index (χ3v) is 3.39. The molecule has 0 aromatic heterocycles. The second-order valence-corrected chi connectivity index (χ2v) is 6.60. The van der Waals surface area contributed by atoms with Crippen LogP contribution in [0.3, 0.4) is 0 Å². The van der Waals surface area contributed by atoms with Crippen molar-refractivity contribution in [3.8, 4) is 0 Å². The molecule has 1 fully saturated rings. The van der Waals surface area contributed by atoms with Gasteiger partial charge >= 0.3 is 0 Å². The van der Waals surface area contributed by atoms with Crippen molar-refractivity contribution in [2.45, 2.75) is 59.8 Å². The smallest absolute Gasteiger partial charge is 0.139 e. The molecule has 0 bridgehead atoms. The Bertz CT molecular complexity index is 250. The molecule has 3 nitrogen and oxygen atoms in total. The summed E-state index contributed by atoms with van der Waals surface area (Å²) < 4.78 is 5.61. The first-order valence-corrected chi connectivity index (χ1v) is 7.27. The molecule has 1 saturated heterocycles. The number of likely N-dealkylation sites (tertiary alicyclic amines) is 1. The normalized spacial score (nSPS) is 19.2. The standard InChI is InChI=1S/C15H30N2O/c1-14(8-9-15(2,3)4)16-12-18-13-17-10-6-5-7-11-17/h5-13H2,1-4H3/b16-14-. The Hall–Kier alpha value is -0.410. The molecule has 106 valence electrons. The van der Waals surface area contributed by atoms with Crippen molar-refractivity contribution >= 4 is 5.71 Å². The fourth-order valence-electron chi connectivity index (χ4n) is 2.05. The van der Waals surface area contributed by atoms with Gasteiger partial charge in [-0.3, -0.25) is 9.89 Å². The van der Waals surface area contributed by atoms with E-state index in [4.69, 9.17) is 4.74 Å². The van der Waals surface area contributed by atoms with Gasteiger partial charge in [0, 0.05) is 18.8 Å². The van der Waals surface area contributed by atoms with E-state index in [1.165, 1.54) is 44.5 Å². The lowest BCUT2D eigenvalue weighted by Gasteiger charge is -2.25. The highest BCUT2D eigenvalue weighted by atomic mass is 16.5. The van der Waals surface area contributed by atoms with Crippen LogP contribution in [-0.4, -0.2) is 37.2 Å². The van der Waals surface area contributed by atoms with E-state index in [1.807, 2.05) is 0 Å². The van der Waals surface area contributed by atoms with Gasteiger partial charge in [0.2, 0.25) is 0 Å². The van der Waals surface area contributed by atoms with Crippen molar-refractivity contribution in [3.63, 3.8) is 0 Å². The van der Waals surface area contributed by atoms with E-state index in [-0.39, 0.29) is 0 Å². The molecule has 0 atom stereocenters. The van der Waals surface area contributed by atoms with Crippen LogP contribution in [0.15, 0.2) is 4.99 Å². The lowest BCUT2D eigenvalue weighted by molar-refractivity contribution is 0.0228. The second kappa shape index (κ2) is 7.90. The van der Waals surface area contributed by atoms with Crippen LogP contribution in [0.2, 0.25) is 0 Å². The van der Waals surface area contributed by atoms with Crippen molar-refractivity contribution in [1.29, 1.82) is 0 Å². The average Bonchev–Trinajstić information content (AvgIpc) is 2.33. The minimum atomic E-state index is 0.394. The summed E-state index contributed by atoms with van der Waals surface area (Å²) in [5.74, 6) is 0. The van der Waals surface area contributed by atoms with Crippen LogP contribution in [-0.2, 0) is 4.74 Å². The van der Waals surface area contributed by atoms with Crippen molar-refractivity contribution in [3.05, 3.63) is 0 Å². The molecule has 0 amide bonds. The quantitative estimate of drug-likeness (QED) is 0.533. The number of hydrogen-bond acceptors (Lipinski definition) is 3. The van der Waals surface area contributed by atoms with Gasteiger partial charge < -0.3 is 4.74 Å². The molecule has 1 heterocycles. The number of rotatable bonds is 6. The van der Waals surface area contributed by atoms with Gasteiger partial charge in [0.1, 0.15) is 13.5 Å². The average molecular weight is 254 g/mol. The largest absolute Gasteiger partial charge is 0.344 e. The molecule has 0 saturated carbocycles. The van der Waals surface area contributed by atoms with Crippen molar-refractivity contribution in [2.75, 3.05) is 26.6 Å². The summed E-state index contributed by atoms with van der Waals surface area (Å²) >= 11 is 0. The van der Waals surface area contributed by atoms with Gasteiger partial charge in [-0.1, -0.05) is 27.2 Å². The molecule has 0 spiro atoms. The summed E-state index contributed by atoms with van der Waals surface area (Å²) in [5.41, 5.74) is 1.61. The van der Waals surface area contributed by atoms with E-state index in [0.29, 0.717) is 12.1 Å². The highest BCUT2D eigenvalue weighted by molar-refractivity contribution is 5.81. The van der Waals surface area contributed by atoms with Gasteiger partial charge in [0.05, 0.1) is 0 Å². The first-order chi connectivity index (χ1) is 8.47. The summed E-state index contributed by atoms with van der Waals surface area (Å²) in [6.45, 7) is 12.6. The zero-order valence-corrected chi connectivity index (χ0v) is 12.7. The number of hydrogen-bond donors (Lipinski definition) is 0. The zero-order chi connectivity index (χ0) is 13.4. The maximum Gasteiger partial charge on any atom is 0.139 e. The summed E-state index contributed by atoms with van der Waals surface area (Å²) in [5, 5.41) is 0. The van der Waals surface area contributed by atoms with E-state index < -0.39 is 0 Å². The molecular weight excluding hydrogens is 224 g/mol. The van der Waals surface area contributed by atoms with Gasteiger partial charge in [0.15, 0.2) is 0 Å².